The van der Waals surface area contributed by atoms with Gasteiger partial charge in [-0.15, -0.1) is 0 Å². The molecule has 1 aromatic heterocycles. The molecule has 1 saturated carbocycles. The summed E-state index contributed by atoms with van der Waals surface area (Å²) in [4.78, 5) is 8.76. The van der Waals surface area contributed by atoms with Gasteiger partial charge in [0.15, 0.2) is 0 Å². The molecule has 0 bridgehead atoms. The van der Waals surface area contributed by atoms with Crippen molar-refractivity contribution in [3.63, 3.8) is 0 Å². The quantitative estimate of drug-likeness (QED) is 0.853. The molecule has 1 fully saturated rings. The molecule has 1 heterocycles. The Morgan fingerprint density at radius 2 is 1.95 bits per heavy atom. The van der Waals surface area contributed by atoms with Crippen LogP contribution in [0.25, 0.3) is 0 Å². The summed E-state index contributed by atoms with van der Waals surface area (Å²) in [6.07, 6.45) is 8.64. The Hall–Kier alpha value is -1.32. The summed E-state index contributed by atoms with van der Waals surface area (Å²) in [6.45, 7) is 9.82. The third kappa shape index (κ3) is 4.32. The molecule has 2 rings (SSSR count). The summed E-state index contributed by atoms with van der Waals surface area (Å²) in [5.41, 5.74) is 1.60. The first-order valence-electron chi connectivity index (χ1n) is 8.30. The zero-order valence-corrected chi connectivity index (χ0v) is 13.9. The molecule has 21 heavy (non-hydrogen) atoms. The highest BCUT2D eigenvalue weighted by molar-refractivity contribution is 5.48. The maximum Gasteiger partial charge on any atom is 0.222 e. The van der Waals surface area contributed by atoms with Gasteiger partial charge in [-0.3, -0.25) is 0 Å². The summed E-state index contributed by atoms with van der Waals surface area (Å²) in [7, 11) is 0. The fourth-order valence-electron chi connectivity index (χ4n) is 2.94. The van der Waals surface area contributed by atoms with Gasteiger partial charge in [-0.1, -0.05) is 27.2 Å². The van der Waals surface area contributed by atoms with E-state index in [-0.39, 0.29) is 0 Å². The van der Waals surface area contributed by atoms with Crippen molar-refractivity contribution in [1.29, 1.82) is 0 Å². The fraction of sp³-hybridized carbons (Fsp3) is 0.765. The molecule has 1 aliphatic rings. The van der Waals surface area contributed by atoms with E-state index < -0.39 is 0 Å². The number of hydrogen-bond donors (Lipinski definition) is 1. The summed E-state index contributed by atoms with van der Waals surface area (Å²) in [6, 6.07) is 0. The Labute approximate surface area is 128 Å². The van der Waals surface area contributed by atoms with Crippen LogP contribution in [0.4, 0.5) is 5.82 Å². The zero-order chi connectivity index (χ0) is 15.3. The van der Waals surface area contributed by atoms with Crippen molar-refractivity contribution in [1.82, 2.24) is 9.97 Å². The van der Waals surface area contributed by atoms with Gasteiger partial charge in [0.2, 0.25) is 5.88 Å². The highest BCUT2D eigenvalue weighted by Crippen LogP contribution is 2.37. The molecule has 0 amide bonds. The molecule has 4 nitrogen and oxygen atoms in total. The Bertz CT molecular complexity index is 449. The van der Waals surface area contributed by atoms with Gasteiger partial charge >= 0.3 is 0 Å². The van der Waals surface area contributed by atoms with Crippen molar-refractivity contribution in [2.24, 2.45) is 5.41 Å². The van der Waals surface area contributed by atoms with Crippen molar-refractivity contribution in [2.75, 3.05) is 11.9 Å². The van der Waals surface area contributed by atoms with Gasteiger partial charge in [-0.2, -0.15) is 0 Å². The number of anilines is 1. The molecule has 0 aliphatic heterocycles. The summed E-state index contributed by atoms with van der Waals surface area (Å²) < 4.78 is 6.23. The van der Waals surface area contributed by atoms with E-state index in [4.69, 9.17) is 4.74 Å². The Morgan fingerprint density at radius 1 is 1.24 bits per heavy atom. The second-order valence-corrected chi connectivity index (χ2v) is 6.77. The standard InChI is InChI=1S/C17H29N3O/c1-5-7-14-15(18-6-2)19-12-20-16(14)21-13-8-10-17(3,4)11-9-13/h12-13H,5-11H2,1-4H3,(H,18,19,20). The molecule has 1 aliphatic carbocycles. The van der Waals surface area contributed by atoms with Gasteiger partial charge in [0.25, 0.3) is 0 Å². The van der Waals surface area contributed by atoms with E-state index >= 15 is 0 Å². The molecule has 0 saturated heterocycles. The van der Waals surface area contributed by atoms with Gasteiger partial charge in [0, 0.05) is 6.54 Å². The van der Waals surface area contributed by atoms with E-state index in [1.165, 1.54) is 12.8 Å². The number of ether oxygens (including phenoxy) is 1. The number of nitrogens with one attached hydrogen (secondary N) is 1. The van der Waals surface area contributed by atoms with Gasteiger partial charge in [-0.25, -0.2) is 9.97 Å². The molecule has 0 unspecified atom stereocenters. The molecule has 118 valence electrons. The van der Waals surface area contributed by atoms with Gasteiger partial charge < -0.3 is 10.1 Å². The molecule has 1 N–H and O–H groups in total. The van der Waals surface area contributed by atoms with E-state index in [9.17, 15) is 0 Å². The van der Waals surface area contributed by atoms with Crippen LogP contribution in [0.15, 0.2) is 6.33 Å². The Kier molecular flexibility index (Phi) is 5.43. The number of hydrogen-bond acceptors (Lipinski definition) is 4. The lowest BCUT2D eigenvalue weighted by Crippen LogP contribution is -2.29. The van der Waals surface area contributed by atoms with Crippen molar-refractivity contribution in [3.8, 4) is 5.88 Å². The summed E-state index contributed by atoms with van der Waals surface area (Å²) in [5.74, 6) is 1.72. The highest BCUT2D eigenvalue weighted by atomic mass is 16.5. The van der Waals surface area contributed by atoms with Crippen LogP contribution in [0.3, 0.4) is 0 Å². The molecular weight excluding hydrogens is 262 g/mol. The lowest BCUT2D eigenvalue weighted by Gasteiger charge is -2.34. The summed E-state index contributed by atoms with van der Waals surface area (Å²) >= 11 is 0. The Morgan fingerprint density at radius 3 is 2.57 bits per heavy atom. The van der Waals surface area contributed by atoms with E-state index in [1.54, 1.807) is 6.33 Å². The molecule has 4 heteroatoms. The minimum absolute atomic E-state index is 0.304. The first-order valence-corrected chi connectivity index (χ1v) is 8.30. The summed E-state index contributed by atoms with van der Waals surface area (Å²) in [5, 5.41) is 3.32. The molecule has 0 radical (unpaired) electrons. The van der Waals surface area contributed by atoms with Gasteiger partial charge in [0.1, 0.15) is 18.2 Å². The van der Waals surface area contributed by atoms with Crippen LogP contribution < -0.4 is 10.1 Å². The Balaban J connectivity index is 2.10. The molecule has 0 aromatic carbocycles. The van der Waals surface area contributed by atoms with E-state index in [0.717, 1.165) is 49.5 Å². The second-order valence-electron chi connectivity index (χ2n) is 6.77. The van der Waals surface area contributed by atoms with Crippen LogP contribution >= 0.6 is 0 Å². The first-order chi connectivity index (χ1) is 10.1. The average Bonchev–Trinajstić information content (AvgIpc) is 2.45. The normalized spacial score (nSPS) is 18.5. The average molecular weight is 291 g/mol. The topological polar surface area (TPSA) is 47.0 Å². The largest absolute Gasteiger partial charge is 0.474 e. The van der Waals surface area contributed by atoms with Crippen LogP contribution in [-0.4, -0.2) is 22.6 Å². The van der Waals surface area contributed by atoms with E-state index in [2.05, 4.69) is 43.0 Å². The molecular formula is C17H29N3O. The van der Waals surface area contributed by atoms with Gasteiger partial charge in [-0.05, 0) is 44.4 Å². The maximum absolute atomic E-state index is 6.23. The lowest BCUT2D eigenvalue weighted by atomic mass is 9.76. The molecule has 0 atom stereocenters. The van der Waals surface area contributed by atoms with Crippen LogP contribution in [0, 0.1) is 5.41 Å². The predicted molar refractivity (Wildman–Crippen MR) is 86.9 cm³/mol. The van der Waals surface area contributed by atoms with Crippen LogP contribution in [0.5, 0.6) is 5.88 Å². The van der Waals surface area contributed by atoms with Crippen molar-refractivity contribution >= 4 is 5.82 Å². The third-order valence-corrected chi connectivity index (χ3v) is 4.31. The van der Waals surface area contributed by atoms with E-state index in [1.807, 2.05) is 0 Å². The maximum atomic E-state index is 6.23. The predicted octanol–water partition coefficient (Wildman–Crippen LogP) is 4.21. The second kappa shape index (κ2) is 7.10. The minimum Gasteiger partial charge on any atom is -0.474 e. The number of nitrogens with zero attached hydrogens (tertiary/aromatic N) is 2. The van der Waals surface area contributed by atoms with Crippen molar-refractivity contribution < 1.29 is 4.74 Å². The fourth-order valence-corrected chi connectivity index (χ4v) is 2.94. The monoisotopic (exact) mass is 291 g/mol. The lowest BCUT2D eigenvalue weighted by molar-refractivity contribution is 0.0939. The third-order valence-electron chi connectivity index (χ3n) is 4.31. The number of rotatable bonds is 6. The van der Waals surface area contributed by atoms with Crippen LogP contribution in [-0.2, 0) is 6.42 Å². The smallest absolute Gasteiger partial charge is 0.222 e. The highest BCUT2D eigenvalue weighted by Gasteiger charge is 2.28. The van der Waals surface area contributed by atoms with Crippen molar-refractivity contribution in [3.05, 3.63) is 11.9 Å². The molecule has 0 spiro atoms. The van der Waals surface area contributed by atoms with Gasteiger partial charge in [0.05, 0.1) is 5.56 Å². The number of aromatic nitrogens is 2. The first kappa shape index (κ1) is 16.1. The minimum atomic E-state index is 0.304. The molecule has 1 aromatic rings. The van der Waals surface area contributed by atoms with Crippen molar-refractivity contribution in [2.45, 2.75) is 72.3 Å². The zero-order valence-electron chi connectivity index (χ0n) is 13.9. The van der Waals surface area contributed by atoms with Crippen LogP contribution in [0.1, 0.15) is 65.4 Å². The van der Waals surface area contributed by atoms with Crippen LogP contribution in [0.2, 0.25) is 0 Å². The SMILES string of the molecule is CCCc1c(NCC)ncnc1OC1CCC(C)(C)CC1. The van der Waals surface area contributed by atoms with E-state index in [0.29, 0.717) is 11.5 Å².